The summed E-state index contributed by atoms with van der Waals surface area (Å²) < 4.78 is 19.6. The molecule has 0 unspecified atom stereocenters. The smallest absolute Gasteiger partial charge is 0.293 e. The number of amides is 1. The van der Waals surface area contributed by atoms with E-state index in [0.29, 0.717) is 21.3 Å². The molecule has 0 radical (unpaired) electrons. The summed E-state index contributed by atoms with van der Waals surface area (Å²) in [5, 5.41) is 0. The van der Waals surface area contributed by atoms with Gasteiger partial charge in [-0.15, -0.1) is 11.3 Å². The summed E-state index contributed by atoms with van der Waals surface area (Å²) in [6.07, 6.45) is 0. The Hall–Kier alpha value is -2.78. The van der Waals surface area contributed by atoms with Crippen molar-refractivity contribution in [1.29, 1.82) is 0 Å². The summed E-state index contributed by atoms with van der Waals surface area (Å²) in [5.41, 5.74) is 2.40. The maximum absolute atomic E-state index is 12.9. The highest BCUT2D eigenvalue weighted by Crippen LogP contribution is 2.20. The Kier molecular flexibility index (Phi) is 4.77. The molecule has 0 saturated carbocycles. The zero-order valence-corrected chi connectivity index (χ0v) is 14.2. The molecule has 2 aromatic heterocycles. The van der Waals surface area contributed by atoms with Gasteiger partial charge in [0.25, 0.3) is 11.5 Å². The van der Waals surface area contributed by atoms with Gasteiger partial charge in [-0.2, -0.15) is 0 Å². The highest BCUT2D eigenvalue weighted by atomic mass is 32.1. The second kappa shape index (κ2) is 6.99. The first-order valence-corrected chi connectivity index (χ1v) is 8.05. The first kappa shape index (κ1) is 17.1. The fraction of sp³-hybridized carbons (Fsp3) is 0.188. The van der Waals surface area contributed by atoms with Crippen LogP contribution in [0.4, 0.5) is 4.39 Å². The van der Waals surface area contributed by atoms with Crippen LogP contribution in [0.3, 0.4) is 0 Å². The van der Waals surface area contributed by atoms with Crippen LogP contribution < -0.4 is 15.8 Å². The van der Waals surface area contributed by atoms with E-state index in [1.807, 2.05) is 0 Å². The Morgan fingerprint density at radius 2 is 2.08 bits per heavy atom. The molecule has 130 valence electrons. The molecule has 1 amide bonds. The van der Waals surface area contributed by atoms with Crippen molar-refractivity contribution in [2.45, 2.75) is 13.5 Å². The molecule has 0 bridgehead atoms. The lowest BCUT2D eigenvalue weighted by Crippen LogP contribution is -2.27. The van der Waals surface area contributed by atoms with Crippen molar-refractivity contribution in [3.63, 3.8) is 0 Å². The van der Waals surface area contributed by atoms with Gasteiger partial charge in [0.05, 0.1) is 12.8 Å². The standard InChI is InChI=1S/C16H14FN3O4S/c1-9-14(15(22)19-23-2)20-13(21)7-11(18-16(20)25-9)8-24-12-5-3-10(17)4-6-12/h3-7H,8H2,1-2H3,(H,19,22). The van der Waals surface area contributed by atoms with Gasteiger partial charge in [-0.1, -0.05) is 0 Å². The summed E-state index contributed by atoms with van der Waals surface area (Å²) in [6.45, 7) is 1.77. The molecule has 0 fully saturated rings. The molecule has 0 atom stereocenters. The number of nitrogens with zero attached hydrogens (tertiary/aromatic N) is 2. The Balaban J connectivity index is 1.90. The highest BCUT2D eigenvalue weighted by Gasteiger charge is 2.19. The maximum atomic E-state index is 12.9. The second-order valence-electron chi connectivity index (χ2n) is 5.09. The Labute approximate surface area is 145 Å². The number of benzene rings is 1. The molecule has 2 heterocycles. The summed E-state index contributed by atoms with van der Waals surface area (Å²) in [4.78, 5) is 34.4. The maximum Gasteiger partial charge on any atom is 0.293 e. The van der Waals surface area contributed by atoms with Gasteiger partial charge in [0.1, 0.15) is 23.9 Å². The number of aromatic nitrogens is 2. The molecule has 9 heteroatoms. The van der Waals surface area contributed by atoms with Crippen LogP contribution in [-0.2, 0) is 11.4 Å². The summed E-state index contributed by atoms with van der Waals surface area (Å²) >= 11 is 1.22. The van der Waals surface area contributed by atoms with Gasteiger partial charge in [-0.25, -0.2) is 19.3 Å². The van der Waals surface area contributed by atoms with Crippen molar-refractivity contribution in [3.8, 4) is 5.75 Å². The lowest BCUT2D eigenvalue weighted by molar-refractivity contribution is 0.0530. The first-order chi connectivity index (χ1) is 12.0. The lowest BCUT2D eigenvalue weighted by Gasteiger charge is -2.06. The number of halogens is 1. The number of nitrogens with one attached hydrogen (secondary N) is 1. The molecule has 1 N–H and O–H groups in total. The molecule has 1 aromatic carbocycles. The van der Waals surface area contributed by atoms with Gasteiger partial charge >= 0.3 is 0 Å². The molecule has 3 aromatic rings. The number of thiazole rings is 1. The highest BCUT2D eigenvalue weighted by molar-refractivity contribution is 7.17. The van der Waals surface area contributed by atoms with Gasteiger partial charge in [-0.3, -0.25) is 14.4 Å². The SMILES string of the molecule is CONC(=O)c1c(C)sc2nc(COc3ccc(F)cc3)cc(=O)n12. The van der Waals surface area contributed by atoms with Gasteiger partial charge in [0, 0.05) is 10.9 Å². The Bertz CT molecular complexity index is 981. The molecule has 0 spiro atoms. The molecule has 0 aliphatic heterocycles. The molecule has 25 heavy (non-hydrogen) atoms. The Morgan fingerprint density at radius 1 is 1.36 bits per heavy atom. The minimum Gasteiger partial charge on any atom is -0.487 e. The lowest BCUT2D eigenvalue weighted by atomic mass is 10.3. The molecular weight excluding hydrogens is 349 g/mol. The predicted octanol–water partition coefficient (Wildman–Crippen LogP) is 2.07. The van der Waals surface area contributed by atoms with E-state index in [2.05, 4.69) is 15.3 Å². The molecule has 0 aliphatic carbocycles. The van der Waals surface area contributed by atoms with Crippen molar-refractivity contribution in [3.05, 3.63) is 62.8 Å². The second-order valence-corrected chi connectivity index (χ2v) is 6.27. The predicted molar refractivity (Wildman–Crippen MR) is 89.3 cm³/mol. The summed E-state index contributed by atoms with van der Waals surface area (Å²) in [7, 11) is 1.31. The number of carbonyl (C=O) groups is 1. The van der Waals surface area contributed by atoms with E-state index in [1.165, 1.54) is 53.2 Å². The van der Waals surface area contributed by atoms with Crippen molar-refractivity contribution in [1.82, 2.24) is 14.9 Å². The fourth-order valence-electron chi connectivity index (χ4n) is 2.29. The number of hydrogen-bond acceptors (Lipinski definition) is 6. The number of ether oxygens (including phenoxy) is 1. The van der Waals surface area contributed by atoms with Crippen LogP contribution in [0.2, 0.25) is 0 Å². The van der Waals surface area contributed by atoms with E-state index in [1.54, 1.807) is 6.92 Å². The van der Waals surface area contributed by atoms with E-state index in [-0.39, 0.29) is 18.1 Å². The number of hydroxylamine groups is 1. The number of rotatable bonds is 5. The zero-order valence-electron chi connectivity index (χ0n) is 13.4. The van der Waals surface area contributed by atoms with Gasteiger partial charge in [0.2, 0.25) is 0 Å². The quantitative estimate of drug-likeness (QED) is 0.702. The zero-order chi connectivity index (χ0) is 18.0. The Morgan fingerprint density at radius 3 is 2.76 bits per heavy atom. The van der Waals surface area contributed by atoms with Crippen LogP contribution in [0.15, 0.2) is 35.1 Å². The summed E-state index contributed by atoms with van der Waals surface area (Å²) in [5.74, 6) is -0.419. The molecule has 7 nitrogen and oxygen atoms in total. The van der Waals surface area contributed by atoms with Gasteiger partial charge in [0.15, 0.2) is 4.96 Å². The van der Waals surface area contributed by atoms with Crippen molar-refractivity contribution in [2.75, 3.05) is 7.11 Å². The monoisotopic (exact) mass is 363 g/mol. The third-order valence-electron chi connectivity index (χ3n) is 3.35. The van der Waals surface area contributed by atoms with Gasteiger partial charge < -0.3 is 4.74 Å². The number of carbonyl (C=O) groups excluding carboxylic acids is 1. The first-order valence-electron chi connectivity index (χ1n) is 7.23. The van der Waals surface area contributed by atoms with E-state index in [4.69, 9.17) is 4.74 Å². The van der Waals surface area contributed by atoms with Crippen LogP contribution in [0.1, 0.15) is 21.1 Å². The van der Waals surface area contributed by atoms with E-state index in [9.17, 15) is 14.0 Å². The van der Waals surface area contributed by atoms with E-state index in [0.717, 1.165) is 0 Å². The number of aryl methyl sites for hydroxylation is 1. The molecule has 0 aliphatic rings. The largest absolute Gasteiger partial charge is 0.487 e. The topological polar surface area (TPSA) is 81.9 Å². The number of fused-ring (bicyclic) bond motifs is 1. The molecule has 0 saturated heterocycles. The normalized spacial score (nSPS) is 10.8. The summed E-state index contributed by atoms with van der Waals surface area (Å²) in [6, 6.07) is 6.84. The van der Waals surface area contributed by atoms with Crippen LogP contribution in [-0.4, -0.2) is 22.4 Å². The fourth-order valence-corrected chi connectivity index (χ4v) is 3.28. The van der Waals surface area contributed by atoms with E-state index < -0.39 is 11.5 Å². The molecule has 3 rings (SSSR count). The third-order valence-corrected chi connectivity index (χ3v) is 4.31. The minimum atomic E-state index is -0.523. The van der Waals surface area contributed by atoms with Crippen LogP contribution >= 0.6 is 11.3 Å². The minimum absolute atomic E-state index is 0.0495. The van der Waals surface area contributed by atoms with Crippen LogP contribution in [0.25, 0.3) is 4.96 Å². The van der Waals surface area contributed by atoms with Crippen molar-refractivity contribution < 1.29 is 18.8 Å². The number of hydrogen-bond donors (Lipinski definition) is 1. The van der Waals surface area contributed by atoms with Gasteiger partial charge in [-0.05, 0) is 31.2 Å². The van der Waals surface area contributed by atoms with Crippen molar-refractivity contribution >= 4 is 22.2 Å². The van der Waals surface area contributed by atoms with Crippen molar-refractivity contribution in [2.24, 2.45) is 0 Å². The van der Waals surface area contributed by atoms with Crippen LogP contribution in [0.5, 0.6) is 5.75 Å². The van der Waals surface area contributed by atoms with Crippen LogP contribution in [0, 0.1) is 12.7 Å². The average Bonchev–Trinajstić information content (AvgIpc) is 2.91. The molecular formula is C16H14FN3O4S. The average molecular weight is 363 g/mol. The van der Waals surface area contributed by atoms with E-state index >= 15 is 0 Å². The third kappa shape index (κ3) is 3.52.